The van der Waals surface area contributed by atoms with Gasteiger partial charge in [0.15, 0.2) is 0 Å². The van der Waals surface area contributed by atoms with E-state index in [4.69, 9.17) is 16.3 Å². The first kappa shape index (κ1) is 15.3. The number of sulfonamides is 1. The molecule has 0 heterocycles. The van der Waals surface area contributed by atoms with Crippen molar-refractivity contribution < 1.29 is 13.2 Å². The fourth-order valence-corrected chi connectivity index (χ4v) is 3.14. The van der Waals surface area contributed by atoms with Crippen LogP contribution in [-0.4, -0.2) is 27.2 Å². The molecule has 6 heteroatoms. The molecule has 0 aromatic heterocycles. The molecule has 0 spiro atoms. The topological polar surface area (TPSA) is 55.4 Å². The van der Waals surface area contributed by atoms with E-state index in [1.165, 1.54) is 0 Å². The number of halogens is 1. The molecule has 0 fully saturated rings. The Labute approximate surface area is 113 Å². The minimum Gasteiger partial charge on any atom is -0.497 e. The Kier molecular flexibility index (Phi) is 5.91. The minimum atomic E-state index is -3.27. The van der Waals surface area contributed by atoms with Crippen LogP contribution in [0.5, 0.6) is 5.75 Å². The first-order chi connectivity index (χ1) is 8.48. The van der Waals surface area contributed by atoms with Gasteiger partial charge in [0.2, 0.25) is 10.0 Å². The maximum Gasteiger partial charge on any atom is 0.212 e. The van der Waals surface area contributed by atoms with E-state index in [2.05, 4.69) is 4.72 Å². The van der Waals surface area contributed by atoms with Gasteiger partial charge >= 0.3 is 0 Å². The quantitative estimate of drug-likeness (QED) is 0.784. The molecule has 0 aliphatic rings. The van der Waals surface area contributed by atoms with Crippen molar-refractivity contribution in [1.82, 2.24) is 4.72 Å². The van der Waals surface area contributed by atoms with Crippen molar-refractivity contribution in [2.45, 2.75) is 19.4 Å². The normalized spacial score (nSPS) is 13.3. The number of rotatable bonds is 7. The minimum absolute atomic E-state index is 0.0526. The molecule has 102 valence electrons. The van der Waals surface area contributed by atoms with Crippen LogP contribution in [0, 0.1) is 0 Å². The Balaban J connectivity index is 2.66. The van der Waals surface area contributed by atoms with E-state index in [0.717, 1.165) is 11.3 Å². The lowest BCUT2D eigenvalue weighted by Gasteiger charge is -2.14. The Hall–Kier alpha value is -0.780. The highest BCUT2D eigenvalue weighted by atomic mass is 35.5. The average molecular weight is 292 g/mol. The number of ether oxygens (including phenoxy) is 1. The number of hydrogen-bond acceptors (Lipinski definition) is 3. The molecule has 0 saturated heterocycles. The summed E-state index contributed by atoms with van der Waals surface area (Å²) in [7, 11) is -1.68. The zero-order valence-corrected chi connectivity index (χ0v) is 12.1. The molecule has 0 amide bonds. The molecule has 1 aromatic carbocycles. The van der Waals surface area contributed by atoms with Gasteiger partial charge in [-0.2, -0.15) is 0 Å². The summed E-state index contributed by atoms with van der Waals surface area (Å²) in [5.74, 6) is 1.14. The third-order valence-corrected chi connectivity index (χ3v) is 4.32. The van der Waals surface area contributed by atoms with Crippen molar-refractivity contribution in [3.8, 4) is 5.75 Å². The highest BCUT2D eigenvalue weighted by Crippen LogP contribution is 2.18. The molecule has 18 heavy (non-hydrogen) atoms. The van der Waals surface area contributed by atoms with Gasteiger partial charge in [-0.25, -0.2) is 13.1 Å². The second-order valence-electron chi connectivity index (χ2n) is 3.97. The van der Waals surface area contributed by atoms with Crippen LogP contribution in [0.3, 0.4) is 0 Å². The predicted octanol–water partition coefficient (Wildman–Crippen LogP) is 2.30. The van der Waals surface area contributed by atoms with Crippen LogP contribution < -0.4 is 9.46 Å². The predicted molar refractivity (Wildman–Crippen MR) is 73.7 cm³/mol. The van der Waals surface area contributed by atoms with Gasteiger partial charge in [-0.1, -0.05) is 12.1 Å². The molecule has 0 saturated carbocycles. The zero-order chi connectivity index (χ0) is 13.6. The third-order valence-electron chi connectivity index (χ3n) is 2.52. The molecular formula is C12H18ClNO3S. The summed E-state index contributed by atoms with van der Waals surface area (Å²) in [6.45, 7) is 1.81. The van der Waals surface area contributed by atoms with Crippen LogP contribution in [0.15, 0.2) is 24.3 Å². The summed E-state index contributed by atoms with van der Waals surface area (Å²) < 4.78 is 31.1. The van der Waals surface area contributed by atoms with Gasteiger partial charge in [-0.15, -0.1) is 11.6 Å². The van der Waals surface area contributed by atoms with Crippen LogP contribution in [0.25, 0.3) is 0 Å². The Bertz CT molecular complexity index is 459. The number of benzene rings is 1. The van der Waals surface area contributed by atoms with E-state index in [1.807, 2.05) is 12.1 Å². The molecule has 1 aromatic rings. The van der Waals surface area contributed by atoms with Crippen LogP contribution in [-0.2, 0) is 10.0 Å². The lowest BCUT2D eigenvalue weighted by molar-refractivity contribution is 0.414. The van der Waals surface area contributed by atoms with Crippen LogP contribution in [0.1, 0.15) is 24.9 Å². The van der Waals surface area contributed by atoms with E-state index >= 15 is 0 Å². The summed E-state index contributed by atoms with van der Waals surface area (Å²) in [6, 6.07) is 7.02. The maximum absolute atomic E-state index is 11.7. The lowest BCUT2D eigenvalue weighted by atomic mass is 10.1. The fraction of sp³-hybridized carbons (Fsp3) is 0.500. The number of methoxy groups -OCH3 is 1. The second-order valence-corrected chi connectivity index (χ2v) is 6.23. The third kappa shape index (κ3) is 4.84. The van der Waals surface area contributed by atoms with Gasteiger partial charge in [0, 0.05) is 11.9 Å². The molecule has 0 radical (unpaired) electrons. The molecule has 0 aliphatic heterocycles. The van der Waals surface area contributed by atoms with Crippen LogP contribution in [0.4, 0.5) is 0 Å². The van der Waals surface area contributed by atoms with E-state index in [-0.39, 0.29) is 11.8 Å². The highest BCUT2D eigenvalue weighted by molar-refractivity contribution is 7.89. The van der Waals surface area contributed by atoms with E-state index in [0.29, 0.717) is 12.3 Å². The van der Waals surface area contributed by atoms with Crippen molar-refractivity contribution in [3.05, 3.63) is 29.8 Å². The Morgan fingerprint density at radius 2 is 1.94 bits per heavy atom. The summed E-state index contributed by atoms with van der Waals surface area (Å²) in [5.41, 5.74) is 0.894. The SMILES string of the molecule is COc1ccc([C@@H](C)NS(=O)(=O)CCCCl)cc1. The molecule has 1 atom stereocenters. The average Bonchev–Trinajstić information content (AvgIpc) is 2.36. The number of alkyl halides is 1. The first-order valence-corrected chi connectivity index (χ1v) is 7.87. The van der Waals surface area contributed by atoms with Gasteiger partial charge in [-0.3, -0.25) is 0 Å². The van der Waals surface area contributed by atoms with Crippen molar-refractivity contribution in [1.29, 1.82) is 0 Å². The monoisotopic (exact) mass is 291 g/mol. The lowest BCUT2D eigenvalue weighted by Crippen LogP contribution is -2.29. The largest absolute Gasteiger partial charge is 0.497 e. The van der Waals surface area contributed by atoms with Gasteiger partial charge in [0.1, 0.15) is 5.75 Å². The van der Waals surface area contributed by atoms with Crippen molar-refractivity contribution in [2.24, 2.45) is 0 Å². The van der Waals surface area contributed by atoms with Crippen molar-refractivity contribution in [3.63, 3.8) is 0 Å². The van der Waals surface area contributed by atoms with Crippen molar-refractivity contribution in [2.75, 3.05) is 18.7 Å². The standard InChI is InChI=1S/C12H18ClNO3S/c1-10(14-18(15,16)9-3-8-13)11-4-6-12(17-2)7-5-11/h4-7,10,14H,3,8-9H2,1-2H3/t10-/m1/s1. The summed E-state index contributed by atoms with van der Waals surface area (Å²) in [6.07, 6.45) is 0.451. The van der Waals surface area contributed by atoms with Gasteiger partial charge in [0.05, 0.1) is 12.9 Å². The van der Waals surface area contributed by atoms with E-state index < -0.39 is 10.0 Å². The molecule has 4 nitrogen and oxygen atoms in total. The Morgan fingerprint density at radius 1 is 1.33 bits per heavy atom. The zero-order valence-electron chi connectivity index (χ0n) is 10.5. The molecule has 1 rings (SSSR count). The molecule has 0 unspecified atom stereocenters. The highest BCUT2D eigenvalue weighted by Gasteiger charge is 2.15. The summed E-state index contributed by atoms with van der Waals surface area (Å²) >= 11 is 5.49. The first-order valence-electron chi connectivity index (χ1n) is 5.68. The smallest absolute Gasteiger partial charge is 0.212 e. The molecule has 1 N–H and O–H groups in total. The van der Waals surface area contributed by atoms with Gasteiger partial charge < -0.3 is 4.74 Å². The summed E-state index contributed by atoms with van der Waals surface area (Å²) in [4.78, 5) is 0. The van der Waals surface area contributed by atoms with Crippen LogP contribution in [0.2, 0.25) is 0 Å². The van der Waals surface area contributed by atoms with Crippen molar-refractivity contribution >= 4 is 21.6 Å². The second kappa shape index (κ2) is 6.97. The maximum atomic E-state index is 11.7. The van der Waals surface area contributed by atoms with E-state index in [9.17, 15) is 8.42 Å². The Morgan fingerprint density at radius 3 is 2.44 bits per heavy atom. The number of nitrogens with one attached hydrogen (secondary N) is 1. The summed E-state index contributed by atoms with van der Waals surface area (Å²) in [5, 5.41) is 0. The fourth-order valence-electron chi connectivity index (χ4n) is 1.53. The molecule has 0 aliphatic carbocycles. The van der Waals surface area contributed by atoms with Crippen LogP contribution >= 0.6 is 11.6 Å². The number of hydrogen-bond donors (Lipinski definition) is 1. The van der Waals surface area contributed by atoms with Gasteiger partial charge in [0.25, 0.3) is 0 Å². The molecule has 0 bridgehead atoms. The van der Waals surface area contributed by atoms with Gasteiger partial charge in [-0.05, 0) is 31.0 Å². The van der Waals surface area contributed by atoms with E-state index in [1.54, 1.807) is 26.2 Å². The molecular weight excluding hydrogens is 274 g/mol.